The standard InChI is InChI=1S/C22H18O3/c1-16-11-13-17(14-12-16)20(23)15-21(24)19-9-5-6-10-22(19)25-18-7-3-2-4-8-18/h2-14H,15H2,1H3. The fourth-order valence-electron chi connectivity index (χ4n) is 2.48. The highest BCUT2D eigenvalue weighted by Crippen LogP contribution is 2.26. The van der Waals surface area contributed by atoms with Crippen LogP contribution in [0.15, 0.2) is 78.9 Å². The zero-order valence-corrected chi connectivity index (χ0v) is 13.9. The number of aryl methyl sites for hydroxylation is 1. The molecule has 0 spiro atoms. The van der Waals surface area contributed by atoms with Crippen LogP contribution >= 0.6 is 0 Å². The number of Topliss-reactive ketones (excluding diaryl/α,β-unsaturated/α-hetero) is 2. The van der Waals surface area contributed by atoms with E-state index < -0.39 is 0 Å². The molecule has 0 saturated heterocycles. The number of hydrogen-bond donors (Lipinski definition) is 0. The first-order chi connectivity index (χ1) is 12.1. The van der Waals surface area contributed by atoms with Crippen molar-refractivity contribution in [1.29, 1.82) is 0 Å². The molecule has 3 aromatic carbocycles. The number of carbonyl (C=O) groups is 2. The SMILES string of the molecule is Cc1ccc(C(=O)CC(=O)c2ccccc2Oc2ccccc2)cc1. The van der Waals surface area contributed by atoms with E-state index >= 15 is 0 Å². The number of para-hydroxylation sites is 2. The minimum atomic E-state index is -0.253. The number of carbonyl (C=O) groups excluding carboxylic acids is 2. The second-order valence-electron chi connectivity index (χ2n) is 5.80. The van der Waals surface area contributed by atoms with Gasteiger partial charge in [-0.1, -0.05) is 60.2 Å². The van der Waals surface area contributed by atoms with Gasteiger partial charge >= 0.3 is 0 Å². The van der Waals surface area contributed by atoms with Crippen molar-refractivity contribution in [3.63, 3.8) is 0 Å². The van der Waals surface area contributed by atoms with Crippen molar-refractivity contribution in [2.75, 3.05) is 0 Å². The fraction of sp³-hybridized carbons (Fsp3) is 0.0909. The van der Waals surface area contributed by atoms with Crippen molar-refractivity contribution >= 4 is 11.6 Å². The first-order valence-corrected chi connectivity index (χ1v) is 8.08. The van der Waals surface area contributed by atoms with Gasteiger partial charge in [-0.15, -0.1) is 0 Å². The van der Waals surface area contributed by atoms with Crippen LogP contribution in [0.5, 0.6) is 11.5 Å². The third kappa shape index (κ3) is 4.21. The average Bonchev–Trinajstić information content (AvgIpc) is 2.63. The highest BCUT2D eigenvalue weighted by Gasteiger charge is 2.17. The molecule has 0 unspecified atom stereocenters. The van der Waals surface area contributed by atoms with Crippen molar-refractivity contribution in [1.82, 2.24) is 0 Å². The Labute approximate surface area is 146 Å². The Kier molecular flexibility index (Phi) is 5.05. The van der Waals surface area contributed by atoms with E-state index in [9.17, 15) is 9.59 Å². The lowest BCUT2D eigenvalue weighted by Gasteiger charge is -2.10. The van der Waals surface area contributed by atoms with Gasteiger partial charge in [0.25, 0.3) is 0 Å². The van der Waals surface area contributed by atoms with Crippen LogP contribution in [0.4, 0.5) is 0 Å². The summed E-state index contributed by atoms with van der Waals surface area (Å²) >= 11 is 0. The molecule has 0 radical (unpaired) electrons. The third-order valence-corrected chi connectivity index (χ3v) is 3.85. The first-order valence-electron chi connectivity index (χ1n) is 8.08. The molecule has 0 heterocycles. The van der Waals surface area contributed by atoms with E-state index in [-0.39, 0.29) is 18.0 Å². The minimum absolute atomic E-state index is 0.182. The maximum atomic E-state index is 12.6. The van der Waals surface area contributed by atoms with Gasteiger partial charge in [0.1, 0.15) is 11.5 Å². The van der Waals surface area contributed by atoms with Gasteiger partial charge in [-0.3, -0.25) is 9.59 Å². The summed E-state index contributed by atoms with van der Waals surface area (Å²) in [6.07, 6.45) is -0.182. The van der Waals surface area contributed by atoms with Gasteiger partial charge in [-0.05, 0) is 31.2 Å². The molecule has 0 saturated carbocycles. The molecule has 3 aromatic rings. The van der Waals surface area contributed by atoms with Crippen LogP contribution in [0.2, 0.25) is 0 Å². The van der Waals surface area contributed by atoms with Gasteiger partial charge in [0, 0.05) is 5.56 Å². The van der Waals surface area contributed by atoms with Crippen LogP contribution in [0.3, 0.4) is 0 Å². The van der Waals surface area contributed by atoms with E-state index in [1.807, 2.05) is 49.4 Å². The molecule has 0 bridgehead atoms. The molecule has 0 aliphatic heterocycles. The van der Waals surface area contributed by atoms with E-state index in [0.717, 1.165) is 5.56 Å². The Bertz CT molecular complexity index is 881. The largest absolute Gasteiger partial charge is 0.457 e. The number of ether oxygens (including phenoxy) is 1. The summed E-state index contributed by atoms with van der Waals surface area (Å²) in [5.74, 6) is 0.652. The lowest BCUT2D eigenvalue weighted by atomic mass is 10.0. The summed E-state index contributed by atoms with van der Waals surface area (Å²) in [6.45, 7) is 1.95. The van der Waals surface area contributed by atoms with Crippen LogP contribution in [0, 0.1) is 6.92 Å². The van der Waals surface area contributed by atoms with Gasteiger partial charge in [0.05, 0.1) is 12.0 Å². The van der Waals surface area contributed by atoms with E-state index in [0.29, 0.717) is 22.6 Å². The Morgan fingerprint density at radius 1 is 0.760 bits per heavy atom. The predicted molar refractivity (Wildman–Crippen MR) is 97.4 cm³/mol. The van der Waals surface area contributed by atoms with Crippen molar-refractivity contribution in [3.8, 4) is 11.5 Å². The van der Waals surface area contributed by atoms with Gasteiger partial charge in [0.15, 0.2) is 11.6 Å². The summed E-state index contributed by atoms with van der Waals surface area (Å²) in [5.41, 5.74) is 2.02. The molecule has 0 amide bonds. The third-order valence-electron chi connectivity index (χ3n) is 3.85. The Balaban J connectivity index is 1.78. The molecular weight excluding hydrogens is 312 g/mol. The summed E-state index contributed by atoms with van der Waals surface area (Å²) in [5, 5.41) is 0. The van der Waals surface area contributed by atoms with Gasteiger partial charge in [0.2, 0.25) is 0 Å². The second kappa shape index (κ2) is 7.58. The van der Waals surface area contributed by atoms with Crippen LogP contribution in [-0.2, 0) is 0 Å². The minimum Gasteiger partial charge on any atom is -0.457 e. The monoisotopic (exact) mass is 330 g/mol. The molecule has 0 fully saturated rings. The zero-order chi connectivity index (χ0) is 17.6. The fourth-order valence-corrected chi connectivity index (χ4v) is 2.48. The lowest BCUT2D eigenvalue weighted by Crippen LogP contribution is -2.09. The smallest absolute Gasteiger partial charge is 0.174 e. The summed E-state index contributed by atoms with van der Waals surface area (Å²) in [4.78, 5) is 25.0. The normalized spacial score (nSPS) is 10.3. The van der Waals surface area contributed by atoms with Crippen molar-refractivity contribution in [2.45, 2.75) is 13.3 Å². The van der Waals surface area contributed by atoms with Crippen LogP contribution in [-0.4, -0.2) is 11.6 Å². The highest BCUT2D eigenvalue weighted by molar-refractivity contribution is 6.14. The molecule has 0 aliphatic rings. The summed E-state index contributed by atoms with van der Waals surface area (Å²) in [7, 11) is 0. The van der Waals surface area contributed by atoms with Crippen LogP contribution in [0.1, 0.15) is 32.7 Å². The molecule has 0 N–H and O–H groups in total. The highest BCUT2D eigenvalue weighted by atomic mass is 16.5. The average molecular weight is 330 g/mol. The molecule has 0 aliphatic carbocycles. The summed E-state index contributed by atoms with van der Waals surface area (Å²) < 4.78 is 5.80. The quantitative estimate of drug-likeness (QED) is 0.458. The lowest BCUT2D eigenvalue weighted by molar-refractivity contribution is 0.0893. The first kappa shape index (κ1) is 16.7. The number of hydrogen-bond acceptors (Lipinski definition) is 3. The maximum absolute atomic E-state index is 12.6. The van der Waals surface area contributed by atoms with Crippen molar-refractivity contribution < 1.29 is 14.3 Å². The van der Waals surface area contributed by atoms with E-state index in [1.54, 1.807) is 36.4 Å². The van der Waals surface area contributed by atoms with Gasteiger partial charge in [-0.25, -0.2) is 0 Å². The van der Waals surface area contributed by atoms with E-state index in [2.05, 4.69) is 0 Å². The number of rotatable bonds is 6. The molecular formula is C22H18O3. The topological polar surface area (TPSA) is 43.4 Å². The Hall–Kier alpha value is -3.20. The predicted octanol–water partition coefficient (Wildman–Crippen LogP) is 5.24. The van der Waals surface area contributed by atoms with Crippen LogP contribution < -0.4 is 4.74 Å². The molecule has 3 nitrogen and oxygen atoms in total. The zero-order valence-electron chi connectivity index (χ0n) is 13.9. The van der Waals surface area contributed by atoms with Gasteiger partial charge in [-0.2, -0.15) is 0 Å². The molecule has 3 heteroatoms. The molecule has 3 rings (SSSR count). The number of ketones is 2. The van der Waals surface area contributed by atoms with E-state index in [4.69, 9.17) is 4.74 Å². The van der Waals surface area contributed by atoms with Gasteiger partial charge < -0.3 is 4.74 Å². The number of benzene rings is 3. The maximum Gasteiger partial charge on any atom is 0.174 e. The Morgan fingerprint density at radius 3 is 2.12 bits per heavy atom. The summed E-state index contributed by atoms with van der Waals surface area (Å²) in [6, 6.07) is 23.5. The molecule has 25 heavy (non-hydrogen) atoms. The molecule has 124 valence electrons. The Morgan fingerprint density at radius 2 is 1.40 bits per heavy atom. The van der Waals surface area contributed by atoms with Crippen molar-refractivity contribution in [2.24, 2.45) is 0 Å². The van der Waals surface area contributed by atoms with Crippen LogP contribution in [0.25, 0.3) is 0 Å². The molecule has 0 atom stereocenters. The van der Waals surface area contributed by atoms with Crippen molar-refractivity contribution in [3.05, 3.63) is 95.6 Å². The van der Waals surface area contributed by atoms with E-state index in [1.165, 1.54) is 0 Å². The second-order valence-corrected chi connectivity index (χ2v) is 5.80. The molecule has 0 aromatic heterocycles.